The van der Waals surface area contributed by atoms with Gasteiger partial charge in [0.05, 0.1) is 12.7 Å². The number of carbonyl (C=O) groups is 2. The molecular weight excluding hydrogens is 274 g/mol. The predicted molar refractivity (Wildman–Crippen MR) is 76.2 cm³/mol. The van der Waals surface area contributed by atoms with Crippen molar-refractivity contribution in [2.75, 3.05) is 12.4 Å². The molecule has 0 aromatic heterocycles. The van der Waals surface area contributed by atoms with Crippen LogP contribution in [0.5, 0.6) is 5.75 Å². The average Bonchev–Trinajstić information content (AvgIpc) is 2.46. The Bertz CT molecular complexity index is 566. The molecule has 0 heterocycles. The Kier molecular flexibility index (Phi) is 6.01. The second-order valence-corrected chi connectivity index (χ2v) is 4.27. The van der Waals surface area contributed by atoms with Crippen LogP contribution in [-0.4, -0.2) is 30.3 Å². The zero-order valence-corrected chi connectivity index (χ0v) is 11.8. The molecule has 0 spiro atoms. The van der Waals surface area contributed by atoms with Gasteiger partial charge in [0.25, 0.3) is 0 Å². The van der Waals surface area contributed by atoms with Crippen LogP contribution >= 0.6 is 0 Å². The van der Waals surface area contributed by atoms with Gasteiger partial charge in [-0.3, -0.25) is 0 Å². The first kappa shape index (κ1) is 16.3. The number of carboxylic acid groups (broad SMARTS) is 1. The highest BCUT2D eigenvalue weighted by molar-refractivity contribution is 5.94. The normalized spacial score (nSPS) is 11.1. The molecule has 21 heavy (non-hydrogen) atoms. The number of nitriles is 1. The van der Waals surface area contributed by atoms with Gasteiger partial charge in [0, 0.05) is 0 Å². The number of benzene rings is 1. The molecule has 112 valence electrons. The van der Waals surface area contributed by atoms with Gasteiger partial charge in [0.2, 0.25) is 0 Å². The summed E-state index contributed by atoms with van der Waals surface area (Å²) in [6, 6.07) is 5.01. The number of methoxy groups -OCH3 is 1. The molecule has 3 N–H and O–H groups in total. The molecular formula is C14H17N3O4. The third-order valence-corrected chi connectivity index (χ3v) is 2.79. The standard InChI is InChI=1S/C14H17N3O4/c1-3-5-10(13(18)19)16-14(20)17-12-9(8-15)6-4-7-11(12)21-2/h4,6-7,10H,3,5H2,1-2H3,(H,18,19)(H2,16,17,20)/t10-/m0/s1. The van der Waals surface area contributed by atoms with Crippen molar-refractivity contribution in [1.29, 1.82) is 5.26 Å². The largest absolute Gasteiger partial charge is 0.495 e. The number of anilines is 1. The summed E-state index contributed by atoms with van der Waals surface area (Å²) < 4.78 is 5.08. The van der Waals surface area contributed by atoms with E-state index in [1.165, 1.54) is 13.2 Å². The molecule has 7 heteroatoms. The Morgan fingerprint density at radius 2 is 2.19 bits per heavy atom. The lowest BCUT2D eigenvalue weighted by Crippen LogP contribution is -2.43. The summed E-state index contributed by atoms with van der Waals surface area (Å²) in [6.45, 7) is 1.82. The van der Waals surface area contributed by atoms with Crippen molar-refractivity contribution in [3.63, 3.8) is 0 Å². The summed E-state index contributed by atoms with van der Waals surface area (Å²) in [7, 11) is 1.41. The highest BCUT2D eigenvalue weighted by Crippen LogP contribution is 2.27. The second kappa shape index (κ2) is 7.75. The highest BCUT2D eigenvalue weighted by atomic mass is 16.5. The van der Waals surface area contributed by atoms with Crippen LogP contribution in [0.25, 0.3) is 0 Å². The van der Waals surface area contributed by atoms with Gasteiger partial charge in [0.15, 0.2) is 0 Å². The first-order chi connectivity index (χ1) is 10.0. The fourth-order valence-corrected chi connectivity index (χ4v) is 1.78. The smallest absolute Gasteiger partial charge is 0.326 e. The maximum atomic E-state index is 11.9. The number of aliphatic carboxylic acids is 1. The first-order valence-corrected chi connectivity index (χ1v) is 6.40. The number of nitrogens with one attached hydrogen (secondary N) is 2. The van der Waals surface area contributed by atoms with Gasteiger partial charge in [-0.1, -0.05) is 19.4 Å². The Balaban J connectivity index is 2.88. The molecule has 2 amide bonds. The molecule has 1 aromatic carbocycles. The van der Waals surface area contributed by atoms with Crippen molar-refractivity contribution < 1.29 is 19.4 Å². The second-order valence-electron chi connectivity index (χ2n) is 4.27. The van der Waals surface area contributed by atoms with E-state index >= 15 is 0 Å². The molecule has 0 bridgehead atoms. The minimum absolute atomic E-state index is 0.209. The summed E-state index contributed by atoms with van der Waals surface area (Å²) in [4.78, 5) is 22.9. The fraction of sp³-hybridized carbons (Fsp3) is 0.357. The Hall–Kier alpha value is -2.75. The van der Waals surface area contributed by atoms with Gasteiger partial charge in [-0.2, -0.15) is 5.26 Å². The third-order valence-electron chi connectivity index (χ3n) is 2.79. The predicted octanol–water partition coefficient (Wildman–Crippen LogP) is 1.94. The van der Waals surface area contributed by atoms with Gasteiger partial charge in [-0.25, -0.2) is 9.59 Å². The molecule has 7 nitrogen and oxygen atoms in total. The van der Waals surface area contributed by atoms with Gasteiger partial charge in [-0.05, 0) is 18.6 Å². The van der Waals surface area contributed by atoms with E-state index in [0.29, 0.717) is 18.6 Å². The number of carbonyl (C=O) groups excluding carboxylic acids is 1. The van der Waals surface area contributed by atoms with E-state index in [0.717, 1.165) is 0 Å². The minimum Gasteiger partial charge on any atom is -0.495 e. The molecule has 0 aliphatic rings. The zero-order valence-electron chi connectivity index (χ0n) is 11.8. The maximum absolute atomic E-state index is 11.9. The summed E-state index contributed by atoms with van der Waals surface area (Å²) in [5, 5.41) is 22.9. The lowest BCUT2D eigenvalue weighted by molar-refractivity contribution is -0.139. The molecule has 1 rings (SSSR count). The Morgan fingerprint density at radius 3 is 2.71 bits per heavy atom. The molecule has 1 aromatic rings. The third kappa shape index (κ3) is 4.38. The van der Waals surface area contributed by atoms with E-state index in [2.05, 4.69) is 10.6 Å². The molecule has 0 saturated heterocycles. The van der Waals surface area contributed by atoms with E-state index in [1.807, 2.05) is 13.0 Å². The quantitative estimate of drug-likeness (QED) is 0.741. The van der Waals surface area contributed by atoms with Crippen LogP contribution < -0.4 is 15.4 Å². The number of amides is 2. The van der Waals surface area contributed by atoms with Crippen molar-refractivity contribution in [2.45, 2.75) is 25.8 Å². The number of rotatable bonds is 6. The van der Waals surface area contributed by atoms with E-state index in [4.69, 9.17) is 15.1 Å². The van der Waals surface area contributed by atoms with Crippen LogP contribution in [0.2, 0.25) is 0 Å². The summed E-state index contributed by atoms with van der Waals surface area (Å²) >= 11 is 0. The van der Waals surface area contributed by atoms with E-state index in [-0.39, 0.29) is 11.3 Å². The summed E-state index contributed by atoms with van der Waals surface area (Å²) in [6.07, 6.45) is 0.940. The van der Waals surface area contributed by atoms with Crippen LogP contribution in [0, 0.1) is 11.3 Å². The maximum Gasteiger partial charge on any atom is 0.326 e. The van der Waals surface area contributed by atoms with E-state index in [1.54, 1.807) is 12.1 Å². The van der Waals surface area contributed by atoms with Gasteiger partial charge < -0.3 is 20.5 Å². The van der Waals surface area contributed by atoms with E-state index in [9.17, 15) is 9.59 Å². The molecule has 0 aliphatic carbocycles. The highest BCUT2D eigenvalue weighted by Gasteiger charge is 2.20. The number of para-hydroxylation sites is 1. The molecule has 0 saturated carbocycles. The number of carboxylic acids is 1. The Labute approximate surface area is 122 Å². The fourth-order valence-electron chi connectivity index (χ4n) is 1.78. The monoisotopic (exact) mass is 291 g/mol. The lowest BCUT2D eigenvalue weighted by Gasteiger charge is -2.16. The van der Waals surface area contributed by atoms with Gasteiger partial charge >= 0.3 is 12.0 Å². The van der Waals surface area contributed by atoms with Crippen molar-refractivity contribution >= 4 is 17.7 Å². The number of ether oxygens (including phenoxy) is 1. The van der Waals surface area contributed by atoms with Crippen molar-refractivity contribution in [3.05, 3.63) is 23.8 Å². The van der Waals surface area contributed by atoms with Crippen LogP contribution in [0.1, 0.15) is 25.3 Å². The van der Waals surface area contributed by atoms with Crippen LogP contribution in [0.15, 0.2) is 18.2 Å². The van der Waals surface area contributed by atoms with Crippen LogP contribution in [0.3, 0.4) is 0 Å². The lowest BCUT2D eigenvalue weighted by atomic mass is 10.1. The van der Waals surface area contributed by atoms with Crippen LogP contribution in [0.4, 0.5) is 10.5 Å². The minimum atomic E-state index is -1.10. The summed E-state index contributed by atoms with van der Waals surface area (Å²) in [5.41, 5.74) is 0.438. The average molecular weight is 291 g/mol. The van der Waals surface area contributed by atoms with Gasteiger partial charge in [0.1, 0.15) is 23.5 Å². The molecule has 0 unspecified atom stereocenters. The van der Waals surface area contributed by atoms with Crippen molar-refractivity contribution in [2.24, 2.45) is 0 Å². The molecule has 1 atom stereocenters. The number of hydrogen-bond acceptors (Lipinski definition) is 4. The molecule has 0 aliphatic heterocycles. The van der Waals surface area contributed by atoms with E-state index < -0.39 is 18.0 Å². The number of nitrogens with zero attached hydrogens (tertiary/aromatic N) is 1. The first-order valence-electron chi connectivity index (χ1n) is 6.40. The van der Waals surface area contributed by atoms with Crippen molar-refractivity contribution in [3.8, 4) is 11.8 Å². The zero-order chi connectivity index (χ0) is 15.8. The number of hydrogen-bond donors (Lipinski definition) is 3. The molecule has 0 radical (unpaired) electrons. The SMILES string of the molecule is CCC[C@H](NC(=O)Nc1c(C#N)cccc1OC)C(=O)O. The Morgan fingerprint density at radius 1 is 1.48 bits per heavy atom. The molecule has 0 fully saturated rings. The number of urea groups is 1. The summed E-state index contributed by atoms with van der Waals surface area (Å²) in [5.74, 6) is -0.779. The van der Waals surface area contributed by atoms with Crippen LogP contribution in [-0.2, 0) is 4.79 Å². The van der Waals surface area contributed by atoms with Gasteiger partial charge in [-0.15, -0.1) is 0 Å². The topological polar surface area (TPSA) is 111 Å². The van der Waals surface area contributed by atoms with Crippen molar-refractivity contribution in [1.82, 2.24) is 5.32 Å².